The number of quaternary nitrogens is 1. The summed E-state index contributed by atoms with van der Waals surface area (Å²) in [6.45, 7) is 0.865. The standard InChI is InChI=1S/C7H6O3.C5H14NO.C2H6O2.ClH/c8-6-4-2-1-3-5(6)7(9)10;1-6(2,3)4-5-7;3-1-2-4;/h1-4,8H,(H,9,10);7H,4-5H2,1-3H3;3-4H,1-2H2;1H/q;+1;;/p-1. The third-order valence-corrected chi connectivity index (χ3v) is 2.01. The first-order chi connectivity index (χ1) is 9.69. The lowest BCUT2D eigenvalue weighted by Crippen LogP contribution is -3.00. The Hall–Kier alpha value is -1.38. The number of carboxylic acid groups (broad SMARTS) is 1. The number of para-hydroxylation sites is 1. The van der Waals surface area contributed by atoms with E-state index >= 15 is 0 Å². The fraction of sp³-hybridized carbons (Fsp3) is 0.500. The summed E-state index contributed by atoms with van der Waals surface area (Å²) in [7, 11) is 6.16. The number of benzene rings is 1. The van der Waals surface area contributed by atoms with E-state index < -0.39 is 5.97 Å². The van der Waals surface area contributed by atoms with E-state index in [9.17, 15) is 4.79 Å². The Bertz CT molecular complexity index is 393. The quantitative estimate of drug-likeness (QED) is 0.368. The van der Waals surface area contributed by atoms with Crippen molar-refractivity contribution in [3.05, 3.63) is 29.8 Å². The molecule has 0 heterocycles. The Labute approximate surface area is 137 Å². The molecule has 0 amide bonds. The number of halogens is 1. The van der Waals surface area contributed by atoms with Crippen LogP contribution in [0.15, 0.2) is 24.3 Å². The van der Waals surface area contributed by atoms with Gasteiger partial charge in [0.25, 0.3) is 0 Å². The summed E-state index contributed by atoms with van der Waals surface area (Å²) in [5.74, 6) is -1.31. The summed E-state index contributed by atoms with van der Waals surface area (Å²) < 4.78 is 0.844. The van der Waals surface area contributed by atoms with Crippen molar-refractivity contribution >= 4 is 5.97 Å². The molecule has 0 aromatic heterocycles. The van der Waals surface area contributed by atoms with Gasteiger partial charge < -0.3 is 42.4 Å². The lowest BCUT2D eigenvalue weighted by Gasteiger charge is -2.21. The summed E-state index contributed by atoms with van der Waals surface area (Å²) in [5, 5.41) is 40.9. The SMILES string of the molecule is C[N+](C)(C)CCO.O=C(O)c1ccccc1O.OCCO.[Cl-]. The minimum atomic E-state index is -1.11. The summed E-state index contributed by atoms with van der Waals surface area (Å²) >= 11 is 0. The van der Waals surface area contributed by atoms with Gasteiger partial charge in [0.1, 0.15) is 17.9 Å². The van der Waals surface area contributed by atoms with Gasteiger partial charge in [0.05, 0.1) is 41.0 Å². The monoisotopic (exact) mass is 339 g/mol. The first kappa shape index (κ1) is 25.6. The van der Waals surface area contributed by atoms with E-state index in [1.54, 1.807) is 12.1 Å². The first-order valence-corrected chi connectivity index (χ1v) is 6.34. The number of hydrogen-bond donors (Lipinski definition) is 5. The van der Waals surface area contributed by atoms with Gasteiger partial charge in [-0.2, -0.15) is 0 Å². The van der Waals surface area contributed by atoms with E-state index in [0.29, 0.717) is 0 Å². The second-order valence-corrected chi connectivity index (χ2v) is 5.01. The number of hydrogen-bond acceptors (Lipinski definition) is 5. The zero-order valence-corrected chi connectivity index (χ0v) is 13.9. The van der Waals surface area contributed by atoms with Gasteiger partial charge in [-0.3, -0.25) is 0 Å². The zero-order chi connectivity index (χ0) is 16.9. The first-order valence-electron chi connectivity index (χ1n) is 6.34. The molecule has 0 bridgehead atoms. The highest BCUT2D eigenvalue weighted by atomic mass is 35.5. The number of likely N-dealkylation sites (N-methyl/N-ethyl adjacent to an activating group) is 1. The molecule has 8 heteroatoms. The maximum Gasteiger partial charge on any atom is 0.339 e. The van der Waals surface area contributed by atoms with E-state index in [1.807, 2.05) is 0 Å². The number of phenols is 1. The van der Waals surface area contributed by atoms with Crippen LogP contribution in [0.2, 0.25) is 0 Å². The number of aromatic carboxylic acids is 1. The van der Waals surface area contributed by atoms with Crippen LogP contribution in [0.25, 0.3) is 0 Å². The number of nitrogens with zero attached hydrogens (tertiary/aromatic N) is 1. The highest BCUT2D eigenvalue weighted by molar-refractivity contribution is 5.90. The van der Waals surface area contributed by atoms with Crippen LogP contribution in [0.4, 0.5) is 0 Å². The maximum absolute atomic E-state index is 10.3. The van der Waals surface area contributed by atoms with Crippen molar-refractivity contribution < 1.29 is 47.2 Å². The second-order valence-electron chi connectivity index (χ2n) is 5.01. The van der Waals surface area contributed by atoms with Crippen LogP contribution in [-0.2, 0) is 0 Å². The minimum absolute atomic E-state index is 0. The molecule has 1 aromatic rings. The molecule has 130 valence electrons. The van der Waals surface area contributed by atoms with Gasteiger partial charge in [-0.1, -0.05) is 12.1 Å². The van der Waals surface area contributed by atoms with Crippen LogP contribution in [0.5, 0.6) is 5.75 Å². The molecule has 0 saturated heterocycles. The molecular formula is C14H26ClNO6. The molecule has 0 aliphatic carbocycles. The van der Waals surface area contributed by atoms with Gasteiger partial charge in [-0.05, 0) is 12.1 Å². The second kappa shape index (κ2) is 14.6. The Morgan fingerprint density at radius 3 is 1.64 bits per heavy atom. The third-order valence-electron chi connectivity index (χ3n) is 2.01. The molecule has 0 atom stereocenters. The minimum Gasteiger partial charge on any atom is -1.00 e. The van der Waals surface area contributed by atoms with Crippen molar-refractivity contribution in [1.29, 1.82) is 0 Å². The van der Waals surface area contributed by atoms with E-state index in [0.717, 1.165) is 11.0 Å². The van der Waals surface area contributed by atoms with Crippen LogP contribution in [-0.4, -0.2) is 83.5 Å². The van der Waals surface area contributed by atoms with Crippen LogP contribution in [0.1, 0.15) is 10.4 Å². The van der Waals surface area contributed by atoms with Crippen LogP contribution < -0.4 is 12.4 Å². The molecule has 0 radical (unpaired) electrons. The zero-order valence-electron chi connectivity index (χ0n) is 13.1. The fourth-order valence-corrected chi connectivity index (χ4v) is 0.954. The number of carbonyl (C=O) groups is 1. The Balaban J connectivity index is -0.000000266. The van der Waals surface area contributed by atoms with Crippen LogP contribution in [0, 0.1) is 0 Å². The molecule has 22 heavy (non-hydrogen) atoms. The molecule has 1 rings (SSSR count). The van der Waals surface area contributed by atoms with E-state index in [1.165, 1.54) is 12.1 Å². The number of aromatic hydroxyl groups is 1. The van der Waals surface area contributed by atoms with Gasteiger partial charge in [-0.15, -0.1) is 0 Å². The molecule has 1 aromatic carbocycles. The van der Waals surface area contributed by atoms with E-state index in [2.05, 4.69) is 21.1 Å². The lowest BCUT2D eigenvalue weighted by molar-refractivity contribution is -0.870. The normalized spacial score (nSPS) is 9.36. The molecule has 0 aliphatic heterocycles. The average molecular weight is 340 g/mol. The van der Waals surface area contributed by atoms with Crippen LogP contribution in [0.3, 0.4) is 0 Å². The van der Waals surface area contributed by atoms with Crippen molar-refractivity contribution in [2.75, 3.05) is 47.5 Å². The number of rotatable bonds is 4. The molecule has 0 aliphatic rings. The predicted molar refractivity (Wildman–Crippen MR) is 79.2 cm³/mol. The molecule has 7 nitrogen and oxygen atoms in total. The van der Waals surface area contributed by atoms with Crippen molar-refractivity contribution in [2.24, 2.45) is 0 Å². The van der Waals surface area contributed by atoms with Gasteiger partial charge in [0.2, 0.25) is 0 Å². The summed E-state index contributed by atoms with van der Waals surface area (Å²) in [5.41, 5.74) is -0.0671. The smallest absolute Gasteiger partial charge is 0.339 e. The Morgan fingerprint density at radius 2 is 1.45 bits per heavy atom. The van der Waals surface area contributed by atoms with Crippen molar-refractivity contribution in [1.82, 2.24) is 0 Å². The third kappa shape index (κ3) is 16.7. The molecule has 0 unspecified atom stereocenters. The average Bonchev–Trinajstić information content (AvgIpc) is 2.38. The Morgan fingerprint density at radius 1 is 1.00 bits per heavy atom. The molecule has 0 spiro atoms. The molecule has 5 N–H and O–H groups in total. The largest absolute Gasteiger partial charge is 1.00 e. The maximum atomic E-state index is 10.3. The van der Waals surface area contributed by atoms with Crippen molar-refractivity contribution in [3.8, 4) is 5.75 Å². The molecular weight excluding hydrogens is 314 g/mol. The van der Waals surface area contributed by atoms with E-state index in [4.69, 9.17) is 25.5 Å². The number of aliphatic hydroxyl groups is 3. The highest BCUT2D eigenvalue weighted by Crippen LogP contribution is 2.14. The fourth-order valence-electron chi connectivity index (χ4n) is 0.954. The van der Waals surface area contributed by atoms with Crippen LogP contribution >= 0.6 is 0 Å². The molecule has 0 saturated carbocycles. The molecule has 0 fully saturated rings. The van der Waals surface area contributed by atoms with E-state index in [-0.39, 0.29) is 43.5 Å². The topological polar surface area (TPSA) is 118 Å². The van der Waals surface area contributed by atoms with Gasteiger partial charge in [0, 0.05) is 0 Å². The summed E-state index contributed by atoms with van der Waals surface area (Å²) in [6.07, 6.45) is 0. The predicted octanol–water partition coefficient (Wildman–Crippen LogP) is -3.25. The number of aliphatic hydroxyl groups excluding tert-OH is 3. The van der Waals surface area contributed by atoms with Crippen molar-refractivity contribution in [3.63, 3.8) is 0 Å². The lowest BCUT2D eigenvalue weighted by atomic mass is 10.2. The Kier molecular flexibility index (Phi) is 16.9. The summed E-state index contributed by atoms with van der Waals surface area (Å²) in [6, 6.07) is 5.81. The van der Waals surface area contributed by atoms with Gasteiger partial charge in [-0.25, -0.2) is 4.79 Å². The highest BCUT2D eigenvalue weighted by Gasteiger charge is 2.05. The van der Waals surface area contributed by atoms with Crippen molar-refractivity contribution in [2.45, 2.75) is 0 Å². The summed E-state index contributed by atoms with van der Waals surface area (Å²) in [4.78, 5) is 10.3. The number of carboxylic acids is 1. The van der Waals surface area contributed by atoms with Gasteiger partial charge >= 0.3 is 5.97 Å². The van der Waals surface area contributed by atoms with Gasteiger partial charge in [0.15, 0.2) is 0 Å².